The highest BCUT2D eigenvalue weighted by Gasteiger charge is 2.41. The Morgan fingerprint density at radius 1 is 1.41 bits per heavy atom. The number of hydrogen-bond donors (Lipinski definition) is 1. The van der Waals surface area contributed by atoms with Crippen molar-refractivity contribution >= 4 is 17.7 Å². The third kappa shape index (κ3) is 2.22. The Labute approximate surface area is 132 Å². The number of aromatic nitrogens is 2. The molecule has 2 aromatic rings. The second kappa shape index (κ2) is 5.12. The van der Waals surface area contributed by atoms with Crippen LogP contribution in [-0.4, -0.2) is 28.3 Å². The van der Waals surface area contributed by atoms with Crippen molar-refractivity contribution in [3.63, 3.8) is 0 Å². The first kappa shape index (κ1) is 13.8. The van der Waals surface area contributed by atoms with E-state index in [0.29, 0.717) is 18.9 Å². The lowest BCUT2D eigenvalue weighted by Crippen LogP contribution is -2.25. The zero-order valence-corrected chi connectivity index (χ0v) is 13.2. The molecular weight excluding hydrogens is 298 g/mol. The fraction of sp³-hybridized carbons (Fsp3) is 0.438. The molecule has 1 N–H and O–H groups in total. The van der Waals surface area contributed by atoms with Crippen LogP contribution in [0.3, 0.4) is 0 Å². The summed E-state index contributed by atoms with van der Waals surface area (Å²) in [6, 6.07) is 8.41. The van der Waals surface area contributed by atoms with Gasteiger partial charge >= 0.3 is 0 Å². The molecule has 6 heteroatoms. The number of carbonyl (C=O) groups excluding carboxylic acids is 1. The molecule has 2 unspecified atom stereocenters. The topological polar surface area (TPSA) is 68.0 Å². The van der Waals surface area contributed by atoms with Crippen molar-refractivity contribution in [3.8, 4) is 0 Å². The largest absolute Gasteiger partial charge is 0.355 e. The lowest BCUT2D eigenvalue weighted by Gasteiger charge is -2.22. The summed E-state index contributed by atoms with van der Waals surface area (Å²) in [5, 5.41) is 7.06. The van der Waals surface area contributed by atoms with Crippen molar-refractivity contribution in [3.05, 3.63) is 41.5 Å². The van der Waals surface area contributed by atoms with E-state index in [1.165, 1.54) is 10.5 Å². The normalized spacial score (nSPS) is 27.5. The van der Waals surface area contributed by atoms with E-state index < -0.39 is 0 Å². The van der Waals surface area contributed by atoms with Crippen LogP contribution < -0.4 is 5.32 Å². The van der Waals surface area contributed by atoms with Crippen LogP contribution in [0.4, 0.5) is 0 Å². The van der Waals surface area contributed by atoms with Crippen molar-refractivity contribution in [2.24, 2.45) is 0 Å². The standard InChI is InChI=1S/C16H17N3O2S/c1-16(8-13(20)17-9-16)15-18-14(19-21-15)11-6-7-22-12-5-3-2-4-10(11)12/h2-5,11H,6-9H2,1H3,(H,17,20). The van der Waals surface area contributed by atoms with Gasteiger partial charge in [-0.3, -0.25) is 4.79 Å². The Balaban J connectivity index is 1.67. The first-order valence-electron chi connectivity index (χ1n) is 7.48. The quantitative estimate of drug-likeness (QED) is 0.922. The van der Waals surface area contributed by atoms with E-state index >= 15 is 0 Å². The molecule has 4 rings (SSSR count). The Kier molecular flexibility index (Phi) is 3.22. The molecule has 2 aliphatic heterocycles. The molecular formula is C16H17N3O2S. The highest BCUT2D eigenvalue weighted by atomic mass is 32.2. The Hall–Kier alpha value is -1.82. The molecule has 1 saturated heterocycles. The van der Waals surface area contributed by atoms with E-state index in [1.54, 1.807) is 0 Å². The molecule has 0 saturated carbocycles. The average Bonchev–Trinajstić information content (AvgIpc) is 3.15. The van der Waals surface area contributed by atoms with Crippen molar-refractivity contribution in [1.82, 2.24) is 15.5 Å². The van der Waals surface area contributed by atoms with Gasteiger partial charge in [0.1, 0.15) is 0 Å². The number of fused-ring (bicyclic) bond motifs is 1. The zero-order chi connectivity index (χ0) is 15.2. The Morgan fingerprint density at radius 2 is 2.27 bits per heavy atom. The van der Waals surface area contributed by atoms with E-state index in [1.807, 2.05) is 18.7 Å². The van der Waals surface area contributed by atoms with Crippen LogP contribution in [0.1, 0.15) is 43.0 Å². The highest BCUT2D eigenvalue weighted by molar-refractivity contribution is 7.99. The van der Waals surface area contributed by atoms with Gasteiger partial charge in [0.15, 0.2) is 5.82 Å². The van der Waals surface area contributed by atoms with Crippen LogP contribution in [0.2, 0.25) is 0 Å². The van der Waals surface area contributed by atoms with Gasteiger partial charge in [-0.15, -0.1) is 11.8 Å². The monoisotopic (exact) mass is 315 g/mol. The summed E-state index contributed by atoms with van der Waals surface area (Å²) in [5.41, 5.74) is 0.891. The van der Waals surface area contributed by atoms with Crippen LogP contribution in [0.15, 0.2) is 33.7 Å². The van der Waals surface area contributed by atoms with Crippen LogP contribution >= 0.6 is 11.8 Å². The fourth-order valence-corrected chi connectivity index (χ4v) is 4.28. The second-order valence-electron chi connectivity index (χ2n) is 6.20. The third-order valence-corrected chi connectivity index (χ3v) is 5.58. The molecule has 1 aromatic carbocycles. The number of carbonyl (C=O) groups is 1. The van der Waals surface area contributed by atoms with Gasteiger partial charge < -0.3 is 9.84 Å². The average molecular weight is 315 g/mol. The summed E-state index contributed by atoms with van der Waals surface area (Å²) in [4.78, 5) is 17.4. The summed E-state index contributed by atoms with van der Waals surface area (Å²) >= 11 is 1.88. The predicted molar refractivity (Wildman–Crippen MR) is 82.9 cm³/mol. The first-order valence-corrected chi connectivity index (χ1v) is 8.47. The number of amides is 1. The second-order valence-corrected chi connectivity index (χ2v) is 7.34. The Bertz CT molecular complexity index is 730. The molecule has 5 nitrogen and oxygen atoms in total. The molecule has 0 aliphatic carbocycles. The lowest BCUT2D eigenvalue weighted by molar-refractivity contribution is -0.119. The van der Waals surface area contributed by atoms with Crippen molar-refractivity contribution < 1.29 is 9.32 Å². The molecule has 22 heavy (non-hydrogen) atoms. The smallest absolute Gasteiger partial charge is 0.234 e. The minimum absolute atomic E-state index is 0.0432. The van der Waals surface area contributed by atoms with E-state index in [-0.39, 0.29) is 17.2 Å². The van der Waals surface area contributed by atoms with E-state index in [9.17, 15) is 4.79 Å². The van der Waals surface area contributed by atoms with Gasteiger partial charge in [-0.1, -0.05) is 23.4 Å². The maximum Gasteiger partial charge on any atom is 0.234 e. The molecule has 1 amide bonds. The van der Waals surface area contributed by atoms with E-state index in [2.05, 4.69) is 39.7 Å². The molecule has 3 heterocycles. The molecule has 0 radical (unpaired) electrons. The lowest BCUT2D eigenvalue weighted by atomic mass is 9.89. The predicted octanol–water partition coefficient (Wildman–Crippen LogP) is 2.47. The summed E-state index contributed by atoms with van der Waals surface area (Å²) in [5.74, 6) is 2.59. The number of hydrogen-bond acceptors (Lipinski definition) is 5. The van der Waals surface area contributed by atoms with Crippen LogP contribution in [0, 0.1) is 0 Å². The summed E-state index contributed by atoms with van der Waals surface area (Å²) in [6.07, 6.45) is 1.42. The molecule has 114 valence electrons. The Morgan fingerprint density at radius 3 is 3.09 bits per heavy atom. The summed E-state index contributed by atoms with van der Waals surface area (Å²) in [6.45, 7) is 2.55. The van der Waals surface area contributed by atoms with E-state index in [0.717, 1.165) is 18.0 Å². The van der Waals surface area contributed by atoms with Crippen molar-refractivity contribution in [2.75, 3.05) is 12.3 Å². The summed E-state index contributed by atoms with van der Waals surface area (Å²) < 4.78 is 5.51. The van der Waals surface area contributed by atoms with Crippen LogP contribution in [0.5, 0.6) is 0 Å². The maximum absolute atomic E-state index is 11.5. The molecule has 2 atom stereocenters. The number of nitrogens with zero attached hydrogens (tertiary/aromatic N) is 2. The van der Waals surface area contributed by atoms with Gasteiger partial charge in [-0.25, -0.2) is 0 Å². The fourth-order valence-electron chi connectivity index (χ4n) is 3.16. The van der Waals surface area contributed by atoms with Crippen molar-refractivity contribution in [1.29, 1.82) is 0 Å². The molecule has 1 fully saturated rings. The third-order valence-electron chi connectivity index (χ3n) is 4.45. The van der Waals surface area contributed by atoms with Gasteiger partial charge in [-0.2, -0.15) is 4.98 Å². The minimum Gasteiger partial charge on any atom is -0.355 e. The number of benzene rings is 1. The number of nitrogens with one attached hydrogen (secondary N) is 1. The SMILES string of the molecule is CC1(c2nc(C3CCSc4ccccc43)no2)CNC(=O)C1. The van der Waals surface area contributed by atoms with Crippen LogP contribution in [0.25, 0.3) is 0 Å². The first-order chi connectivity index (χ1) is 10.7. The van der Waals surface area contributed by atoms with Gasteiger partial charge in [0.05, 0.1) is 5.41 Å². The summed E-state index contributed by atoms with van der Waals surface area (Å²) in [7, 11) is 0. The number of rotatable bonds is 2. The molecule has 1 aromatic heterocycles. The van der Waals surface area contributed by atoms with Gasteiger partial charge in [0.25, 0.3) is 0 Å². The maximum atomic E-state index is 11.5. The molecule has 0 bridgehead atoms. The van der Waals surface area contributed by atoms with Crippen molar-refractivity contribution in [2.45, 2.75) is 36.0 Å². The molecule has 2 aliphatic rings. The van der Waals surface area contributed by atoms with Crippen LogP contribution in [-0.2, 0) is 10.2 Å². The van der Waals surface area contributed by atoms with Gasteiger partial charge in [0.2, 0.25) is 11.8 Å². The highest BCUT2D eigenvalue weighted by Crippen LogP contribution is 2.40. The minimum atomic E-state index is -0.384. The molecule has 0 spiro atoms. The zero-order valence-electron chi connectivity index (χ0n) is 12.3. The van der Waals surface area contributed by atoms with E-state index in [4.69, 9.17) is 4.52 Å². The number of thioether (sulfide) groups is 1. The van der Waals surface area contributed by atoms with Gasteiger partial charge in [-0.05, 0) is 30.7 Å². The van der Waals surface area contributed by atoms with Gasteiger partial charge in [0, 0.05) is 23.8 Å².